The molecule has 5 rings (SSSR count). The Labute approximate surface area is 224 Å². The van der Waals surface area contributed by atoms with E-state index < -0.39 is 17.6 Å². The zero-order valence-electron chi connectivity index (χ0n) is 20.1. The number of likely N-dealkylation sites (tertiary alicyclic amines) is 1. The van der Waals surface area contributed by atoms with Crippen molar-refractivity contribution in [2.75, 3.05) is 13.1 Å². The van der Waals surface area contributed by atoms with Crippen LogP contribution in [-0.2, 0) is 5.41 Å². The maximum absolute atomic E-state index is 14.1. The molecule has 0 aliphatic carbocycles. The second-order valence-electron chi connectivity index (χ2n) is 9.51. The first-order valence-corrected chi connectivity index (χ1v) is 11.3. The normalized spacial score (nSPS) is 17.3. The van der Waals surface area contributed by atoms with E-state index in [9.17, 15) is 18.4 Å². The van der Waals surface area contributed by atoms with Gasteiger partial charge in [-0.3, -0.25) is 9.30 Å². The van der Waals surface area contributed by atoms with Gasteiger partial charge in [0, 0.05) is 30.7 Å². The molecule has 0 radical (unpaired) electrons. The standard InChI is InChI=1S/C25H24F3N7.2ClH/c1-24(2,14-29)18-5-3-4-15-6-8-19(31-21(15)18)23-33-32-20-9-7-16(12-35(20)23)22(25(26,27)28)34-11-10-17(30)13-34;;/h3-9,12,17,22H,10-11,13,30H2,1-2H3;2*1H/t17-,22+;;/m0../s1. The molecule has 1 saturated heterocycles. The van der Waals surface area contributed by atoms with Gasteiger partial charge in [0.15, 0.2) is 11.5 Å². The number of pyridine rings is 2. The third kappa shape index (κ3) is 5.22. The number of nitrogens with zero attached hydrogens (tertiary/aromatic N) is 6. The van der Waals surface area contributed by atoms with E-state index in [4.69, 9.17) is 10.7 Å². The van der Waals surface area contributed by atoms with Gasteiger partial charge in [0.25, 0.3) is 0 Å². The number of hydrogen-bond donors (Lipinski definition) is 1. The van der Waals surface area contributed by atoms with Crippen LogP contribution in [0.15, 0.2) is 48.7 Å². The highest BCUT2D eigenvalue weighted by Gasteiger charge is 2.46. The maximum atomic E-state index is 14.1. The summed E-state index contributed by atoms with van der Waals surface area (Å²) in [5, 5.41) is 18.9. The summed E-state index contributed by atoms with van der Waals surface area (Å²) in [5.41, 5.74) is 7.48. The highest BCUT2D eigenvalue weighted by Crippen LogP contribution is 2.39. The second kappa shape index (κ2) is 10.4. The number of para-hydroxylation sites is 1. The molecule has 0 unspecified atom stereocenters. The van der Waals surface area contributed by atoms with Crippen LogP contribution in [0, 0.1) is 11.3 Å². The largest absolute Gasteiger partial charge is 0.408 e. The molecule has 37 heavy (non-hydrogen) atoms. The van der Waals surface area contributed by atoms with Gasteiger partial charge in [0.05, 0.1) is 17.0 Å². The van der Waals surface area contributed by atoms with Crippen LogP contribution in [0.25, 0.3) is 28.1 Å². The van der Waals surface area contributed by atoms with E-state index in [0.717, 1.165) is 10.9 Å². The van der Waals surface area contributed by atoms with Gasteiger partial charge in [-0.05, 0) is 43.5 Å². The van der Waals surface area contributed by atoms with E-state index in [1.807, 2.05) is 38.1 Å². The zero-order valence-corrected chi connectivity index (χ0v) is 21.7. The van der Waals surface area contributed by atoms with E-state index in [1.54, 1.807) is 6.07 Å². The van der Waals surface area contributed by atoms with Crippen LogP contribution in [0.5, 0.6) is 0 Å². The fraction of sp³-hybridized carbons (Fsp3) is 0.360. The molecule has 4 heterocycles. The van der Waals surface area contributed by atoms with Gasteiger partial charge < -0.3 is 5.73 Å². The van der Waals surface area contributed by atoms with E-state index >= 15 is 0 Å². The summed E-state index contributed by atoms with van der Waals surface area (Å²) in [6.45, 7) is 4.09. The summed E-state index contributed by atoms with van der Waals surface area (Å²) in [6, 6.07) is 12.5. The average molecular weight is 552 g/mol. The third-order valence-electron chi connectivity index (χ3n) is 6.57. The summed E-state index contributed by atoms with van der Waals surface area (Å²) in [4.78, 5) is 6.14. The number of benzene rings is 1. The van der Waals surface area contributed by atoms with Crippen molar-refractivity contribution in [1.82, 2.24) is 24.5 Å². The topological polar surface area (TPSA) is 96.1 Å². The predicted octanol–water partition coefficient (Wildman–Crippen LogP) is 5.23. The highest BCUT2D eigenvalue weighted by molar-refractivity contribution is 5.86. The minimum absolute atomic E-state index is 0. The predicted molar refractivity (Wildman–Crippen MR) is 140 cm³/mol. The van der Waals surface area contributed by atoms with Gasteiger partial charge in [0.2, 0.25) is 0 Å². The van der Waals surface area contributed by atoms with Gasteiger partial charge >= 0.3 is 6.18 Å². The molecule has 0 saturated carbocycles. The van der Waals surface area contributed by atoms with E-state index in [1.165, 1.54) is 27.6 Å². The number of aromatic nitrogens is 4. The molecule has 196 valence electrons. The van der Waals surface area contributed by atoms with Gasteiger partial charge in [-0.2, -0.15) is 18.4 Å². The molecular weight excluding hydrogens is 526 g/mol. The van der Waals surface area contributed by atoms with Crippen LogP contribution < -0.4 is 5.73 Å². The van der Waals surface area contributed by atoms with Crippen molar-refractivity contribution in [1.29, 1.82) is 5.26 Å². The van der Waals surface area contributed by atoms with Gasteiger partial charge in [-0.15, -0.1) is 35.0 Å². The fourth-order valence-electron chi connectivity index (χ4n) is 4.74. The summed E-state index contributed by atoms with van der Waals surface area (Å²) in [7, 11) is 0. The Morgan fingerprint density at radius 2 is 1.84 bits per heavy atom. The molecular formula is C25H26Cl2F3N7. The molecule has 0 amide bonds. The quantitative estimate of drug-likeness (QED) is 0.373. The summed E-state index contributed by atoms with van der Waals surface area (Å²) < 4.78 is 43.9. The first-order chi connectivity index (χ1) is 16.6. The average Bonchev–Trinajstić information content (AvgIpc) is 3.43. The summed E-state index contributed by atoms with van der Waals surface area (Å²) in [6.07, 6.45) is -2.51. The first kappa shape index (κ1) is 28.6. The molecule has 7 nitrogen and oxygen atoms in total. The van der Waals surface area contributed by atoms with Crippen LogP contribution in [0.3, 0.4) is 0 Å². The number of hydrogen-bond acceptors (Lipinski definition) is 6. The number of rotatable bonds is 4. The molecule has 0 spiro atoms. The molecule has 2 atom stereocenters. The number of nitrogens with two attached hydrogens (primary N) is 1. The lowest BCUT2D eigenvalue weighted by Crippen LogP contribution is -2.38. The Morgan fingerprint density at radius 3 is 2.49 bits per heavy atom. The minimum atomic E-state index is -4.47. The van der Waals surface area contributed by atoms with Crippen molar-refractivity contribution in [3.63, 3.8) is 0 Å². The monoisotopic (exact) mass is 551 g/mol. The van der Waals surface area contributed by atoms with Crippen LogP contribution in [0.4, 0.5) is 13.2 Å². The number of fused-ring (bicyclic) bond motifs is 2. The Kier molecular flexibility index (Phi) is 8.05. The Bertz CT molecular complexity index is 1460. The maximum Gasteiger partial charge on any atom is 0.408 e. The Hall–Kier alpha value is -2.97. The van der Waals surface area contributed by atoms with Crippen LogP contribution in [0.2, 0.25) is 0 Å². The van der Waals surface area contributed by atoms with Crippen molar-refractivity contribution in [2.45, 2.75) is 43.9 Å². The van der Waals surface area contributed by atoms with Crippen molar-refractivity contribution in [3.8, 4) is 17.6 Å². The molecule has 0 bridgehead atoms. The zero-order chi connectivity index (χ0) is 25.0. The van der Waals surface area contributed by atoms with E-state index in [2.05, 4.69) is 16.3 Å². The van der Waals surface area contributed by atoms with Crippen molar-refractivity contribution < 1.29 is 13.2 Å². The second-order valence-corrected chi connectivity index (χ2v) is 9.51. The number of alkyl halides is 3. The lowest BCUT2D eigenvalue weighted by atomic mass is 9.85. The van der Waals surface area contributed by atoms with Gasteiger partial charge in [0.1, 0.15) is 11.7 Å². The summed E-state index contributed by atoms with van der Waals surface area (Å²) in [5.74, 6) is 0.326. The Balaban J connectivity index is 0.00000190. The molecule has 1 aliphatic rings. The molecule has 1 fully saturated rings. The smallest absolute Gasteiger partial charge is 0.326 e. The molecule has 3 aromatic heterocycles. The summed E-state index contributed by atoms with van der Waals surface area (Å²) >= 11 is 0. The molecule has 12 heteroatoms. The van der Waals surface area contributed by atoms with Crippen LogP contribution in [-0.4, -0.2) is 49.8 Å². The Morgan fingerprint density at radius 1 is 1.08 bits per heavy atom. The molecule has 1 aromatic carbocycles. The SMILES string of the molecule is CC(C)(C#N)c1cccc2ccc(-c3nnc4ccc([C@@H](N5CC[C@H](N)C5)C(F)(F)F)cn34)nc12.Cl.Cl. The van der Waals surface area contributed by atoms with Crippen LogP contribution >= 0.6 is 24.8 Å². The van der Waals surface area contributed by atoms with E-state index in [-0.39, 0.29) is 49.5 Å². The molecule has 4 aromatic rings. The lowest BCUT2D eigenvalue weighted by Gasteiger charge is -2.30. The molecule has 2 N–H and O–H groups in total. The van der Waals surface area contributed by atoms with Crippen molar-refractivity contribution in [2.24, 2.45) is 5.73 Å². The molecule has 1 aliphatic heterocycles. The number of nitriles is 1. The minimum Gasteiger partial charge on any atom is -0.326 e. The van der Waals surface area contributed by atoms with Gasteiger partial charge in [-0.1, -0.05) is 30.3 Å². The first-order valence-electron chi connectivity index (χ1n) is 11.3. The third-order valence-corrected chi connectivity index (χ3v) is 6.57. The lowest BCUT2D eigenvalue weighted by molar-refractivity contribution is -0.183. The fourth-order valence-corrected chi connectivity index (χ4v) is 4.74. The number of halogens is 5. The van der Waals surface area contributed by atoms with Crippen LogP contribution in [0.1, 0.15) is 37.4 Å². The van der Waals surface area contributed by atoms with Crippen molar-refractivity contribution >= 4 is 41.4 Å². The highest BCUT2D eigenvalue weighted by atomic mass is 35.5. The van der Waals surface area contributed by atoms with Gasteiger partial charge in [-0.25, -0.2) is 4.98 Å². The van der Waals surface area contributed by atoms with Crippen molar-refractivity contribution in [3.05, 3.63) is 59.8 Å². The van der Waals surface area contributed by atoms with E-state index in [0.29, 0.717) is 29.1 Å².